The minimum absolute atomic E-state index is 0.0147. The van der Waals surface area contributed by atoms with Gasteiger partial charge in [-0.3, -0.25) is 9.48 Å². The topological polar surface area (TPSA) is 78.1 Å². The summed E-state index contributed by atoms with van der Waals surface area (Å²) in [5.41, 5.74) is 4.19. The van der Waals surface area contributed by atoms with Crippen molar-refractivity contribution >= 4 is 5.91 Å². The van der Waals surface area contributed by atoms with Crippen LogP contribution in [0, 0.1) is 20.8 Å². The van der Waals surface area contributed by atoms with E-state index in [1.54, 1.807) is 10.9 Å². The Hall–Kier alpha value is -2.22. The molecule has 0 unspecified atom stereocenters. The summed E-state index contributed by atoms with van der Waals surface area (Å²) >= 11 is 0. The lowest BCUT2D eigenvalue weighted by Crippen LogP contribution is -2.51. The number of carbonyl (C=O) groups excluding carboxylic acids is 1. The molecule has 4 heterocycles. The van der Waals surface area contributed by atoms with Crippen molar-refractivity contribution in [3.05, 3.63) is 28.8 Å². The number of aryl methyl sites for hydroxylation is 1. The highest BCUT2D eigenvalue weighted by molar-refractivity contribution is 5.76. The van der Waals surface area contributed by atoms with E-state index >= 15 is 0 Å². The molecule has 1 fully saturated rings. The van der Waals surface area contributed by atoms with Gasteiger partial charge in [0.15, 0.2) is 0 Å². The Bertz CT molecular complexity index is 780. The van der Waals surface area contributed by atoms with Crippen LogP contribution < -0.4 is 0 Å². The van der Waals surface area contributed by atoms with Crippen LogP contribution in [-0.2, 0) is 22.7 Å². The third kappa shape index (κ3) is 2.41. The summed E-state index contributed by atoms with van der Waals surface area (Å²) in [4.78, 5) is 14.6. The molecule has 0 aliphatic carbocycles. The highest BCUT2D eigenvalue weighted by atomic mass is 16.5. The number of aromatic nitrogens is 5. The van der Waals surface area contributed by atoms with Crippen LogP contribution in [-0.4, -0.2) is 54.8 Å². The second-order valence-electron chi connectivity index (χ2n) is 6.67. The van der Waals surface area contributed by atoms with Crippen molar-refractivity contribution < 1.29 is 9.53 Å². The molecule has 0 aromatic carbocycles. The van der Waals surface area contributed by atoms with E-state index in [-0.39, 0.29) is 24.6 Å². The van der Waals surface area contributed by atoms with E-state index in [2.05, 4.69) is 15.4 Å². The molecule has 0 bridgehead atoms. The predicted octanol–water partition coefficient (Wildman–Crippen LogP) is 0.772. The van der Waals surface area contributed by atoms with E-state index < -0.39 is 0 Å². The van der Waals surface area contributed by atoms with Crippen molar-refractivity contribution in [2.75, 3.05) is 13.1 Å². The first-order valence-corrected chi connectivity index (χ1v) is 8.33. The van der Waals surface area contributed by atoms with Crippen LogP contribution >= 0.6 is 0 Å². The summed E-state index contributed by atoms with van der Waals surface area (Å²) in [6.07, 6.45) is 2.57. The quantitative estimate of drug-likeness (QED) is 0.813. The summed E-state index contributed by atoms with van der Waals surface area (Å²) in [7, 11) is 0. The molecule has 0 saturated carbocycles. The lowest BCUT2D eigenvalue weighted by atomic mass is 10.00. The maximum atomic E-state index is 12.7. The molecular formula is C16H22N6O2. The normalized spacial score (nSPS) is 23.0. The van der Waals surface area contributed by atoms with Gasteiger partial charge in [0.05, 0.1) is 36.3 Å². The molecule has 2 aliphatic rings. The van der Waals surface area contributed by atoms with E-state index in [0.29, 0.717) is 19.7 Å². The number of nitrogens with zero attached hydrogens (tertiary/aromatic N) is 6. The van der Waals surface area contributed by atoms with Gasteiger partial charge in [-0.25, -0.2) is 4.68 Å². The second kappa shape index (κ2) is 5.70. The molecule has 2 aromatic heterocycles. The zero-order chi connectivity index (χ0) is 16.8. The van der Waals surface area contributed by atoms with Crippen LogP contribution in [0.4, 0.5) is 0 Å². The van der Waals surface area contributed by atoms with E-state index in [0.717, 1.165) is 29.1 Å². The summed E-state index contributed by atoms with van der Waals surface area (Å²) in [5, 5.41) is 12.6. The monoisotopic (exact) mass is 330 g/mol. The fourth-order valence-corrected chi connectivity index (χ4v) is 3.58. The van der Waals surface area contributed by atoms with E-state index in [4.69, 9.17) is 4.74 Å². The maximum Gasteiger partial charge on any atom is 0.244 e. The van der Waals surface area contributed by atoms with E-state index in [9.17, 15) is 4.79 Å². The van der Waals surface area contributed by atoms with Crippen molar-refractivity contribution in [2.45, 2.75) is 52.5 Å². The minimum atomic E-state index is -0.0147. The first kappa shape index (κ1) is 15.3. The third-order valence-electron chi connectivity index (χ3n) is 5.31. The van der Waals surface area contributed by atoms with Gasteiger partial charge in [-0.15, -0.1) is 5.10 Å². The summed E-state index contributed by atoms with van der Waals surface area (Å²) in [5.74, 6) is 0.0898. The Morgan fingerprint density at radius 3 is 2.96 bits per heavy atom. The highest BCUT2D eigenvalue weighted by Gasteiger charge is 2.37. The number of hydrogen-bond acceptors (Lipinski definition) is 5. The molecule has 0 radical (unpaired) electrons. The molecule has 1 amide bonds. The molecule has 1 saturated heterocycles. The lowest BCUT2D eigenvalue weighted by molar-refractivity contribution is -0.140. The number of amides is 1. The molecule has 8 heteroatoms. The summed E-state index contributed by atoms with van der Waals surface area (Å²) in [6.45, 7) is 8.11. The zero-order valence-electron chi connectivity index (χ0n) is 14.3. The van der Waals surface area contributed by atoms with Crippen molar-refractivity contribution in [1.82, 2.24) is 29.7 Å². The number of rotatable bonds is 2. The first-order valence-electron chi connectivity index (χ1n) is 8.33. The molecule has 4 rings (SSSR count). The summed E-state index contributed by atoms with van der Waals surface area (Å²) in [6, 6.07) is 0.177. The molecule has 2 atom stereocenters. The Morgan fingerprint density at radius 2 is 2.21 bits per heavy atom. The average Bonchev–Trinajstić information content (AvgIpc) is 3.15. The zero-order valence-corrected chi connectivity index (χ0v) is 14.3. The molecule has 24 heavy (non-hydrogen) atoms. The second-order valence-corrected chi connectivity index (χ2v) is 6.67. The number of likely N-dealkylation sites (tertiary alicyclic amines) is 1. The Morgan fingerprint density at radius 1 is 1.38 bits per heavy atom. The van der Waals surface area contributed by atoms with Crippen LogP contribution in [0.15, 0.2) is 6.20 Å². The minimum Gasteiger partial charge on any atom is -0.368 e. The highest BCUT2D eigenvalue weighted by Crippen LogP contribution is 2.30. The maximum absolute atomic E-state index is 12.7. The van der Waals surface area contributed by atoms with Gasteiger partial charge in [0.25, 0.3) is 0 Å². The largest absolute Gasteiger partial charge is 0.368 e. The number of hydrogen-bond donors (Lipinski definition) is 0. The lowest BCUT2D eigenvalue weighted by Gasteiger charge is -2.41. The van der Waals surface area contributed by atoms with E-state index in [1.807, 2.05) is 30.4 Å². The van der Waals surface area contributed by atoms with Crippen LogP contribution in [0.25, 0.3) is 0 Å². The van der Waals surface area contributed by atoms with Crippen molar-refractivity contribution in [3.8, 4) is 0 Å². The predicted molar refractivity (Wildman–Crippen MR) is 85.3 cm³/mol. The molecule has 128 valence electrons. The Balaban J connectivity index is 1.45. The van der Waals surface area contributed by atoms with Gasteiger partial charge in [0, 0.05) is 18.8 Å². The molecule has 0 N–H and O–H groups in total. The van der Waals surface area contributed by atoms with Crippen LogP contribution in [0.5, 0.6) is 0 Å². The standard InChI is InChI=1S/C16H22N6O2/c1-10-11(2)18-21(12(10)3)8-16(23)20-5-4-14-15(7-20)24-9-13-6-17-19-22(13)14/h6,14-15H,4-5,7-9H2,1-3H3/t14-,15-/m0/s1. The van der Waals surface area contributed by atoms with E-state index in [1.165, 1.54) is 0 Å². The van der Waals surface area contributed by atoms with Crippen molar-refractivity contribution in [3.63, 3.8) is 0 Å². The van der Waals surface area contributed by atoms with Crippen LogP contribution in [0.2, 0.25) is 0 Å². The van der Waals surface area contributed by atoms with Crippen molar-refractivity contribution in [1.29, 1.82) is 0 Å². The number of fused-ring (bicyclic) bond motifs is 3. The Kier molecular flexibility index (Phi) is 3.64. The SMILES string of the molecule is Cc1nn(CC(=O)N2CC[C@H]3[C@H](C2)OCc2cnnn23)c(C)c1C. The smallest absolute Gasteiger partial charge is 0.244 e. The third-order valence-corrected chi connectivity index (χ3v) is 5.31. The fourth-order valence-electron chi connectivity index (χ4n) is 3.58. The van der Waals surface area contributed by atoms with Gasteiger partial charge in [0.2, 0.25) is 5.91 Å². The first-order chi connectivity index (χ1) is 11.5. The van der Waals surface area contributed by atoms with Crippen LogP contribution in [0.1, 0.15) is 35.1 Å². The van der Waals surface area contributed by atoms with Gasteiger partial charge in [-0.1, -0.05) is 5.21 Å². The molecule has 0 spiro atoms. The van der Waals surface area contributed by atoms with Gasteiger partial charge in [-0.2, -0.15) is 5.10 Å². The van der Waals surface area contributed by atoms with Gasteiger partial charge in [0.1, 0.15) is 6.54 Å². The molecular weight excluding hydrogens is 308 g/mol. The van der Waals surface area contributed by atoms with Gasteiger partial charge in [-0.05, 0) is 32.8 Å². The molecule has 2 aliphatic heterocycles. The van der Waals surface area contributed by atoms with Crippen molar-refractivity contribution in [2.24, 2.45) is 0 Å². The summed E-state index contributed by atoms with van der Waals surface area (Å²) < 4.78 is 9.69. The number of piperidine rings is 1. The Labute approximate surface area is 140 Å². The van der Waals surface area contributed by atoms with Gasteiger partial charge >= 0.3 is 0 Å². The fraction of sp³-hybridized carbons (Fsp3) is 0.625. The average molecular weight is 330 g/mol. The molecule has 8 nitrogen and oxygen atoms in total. The molecule has 2 aromatic rings. The van der Waals surface area contributed by atoms with Gasteiger partial charge < -0.3 is 9.64 Å². The van der Waals surface area contributed by atoms with Crippen LogP contribution in [0.3, 0.4) is 0 Å². The number of carbonyl (C=O) groups is 1. The number of ether oxygens (including phenoxy) is 1.